The molecule has 0 aromatic heterocycles. The third-order valence-corrected chi connectivity index (χ3v) is 4.31. The van der Waals surface area contributed by atoms with Gasteiger partial charge in [-0.05, 0) is 44.4 Å². The van der Waals surface area contributed by atoms with Gasteiger partial charge in [0.2, 0.25) is 0 Å². The summed E-state index contributed by atoms with van der Waals surface area (Å²) in [6.45, 7) is 9.99. The molecule has 3 unspecified atom stereocenters. The first kappa shape index (κ1) is 15.0. The summed E-state index contributed by atoms with van der Waals surface area (Å²) in [5.41, 5.74) is 6.30. The Labute approximate surface area is 108 Å². The molecule has 0 radical (unpaired) electrons. The molecule has 0 aromatic carbocycles. The first-order valence-corrected chi connectivity index (χ1v) is 7.49. The summed E-state index contributed by atoms with van der Waals surface area (Å²) < 4.78 is 0. The molecular weight excluding hydrogens is 208 g/mol. The molecule has 0 amide bonds. The fourth-order valence-electron chi connectivity index (χ4n) is 3.35. The van der Waals surface area contributed by atoms with Gasteiger partial charge in [-0.15, -0.1) is 0 Å². The number of nitrogens with two attached hydrogens (primary N) is 1. The van der Waals surface area contributed by atoms with Crippen molar-refractivity contribution in [3.05, 3.63) is 0 Å². The zero-order valence-corrected chi connectivity index (χ0v) is 12.3. The second-order valence-corrected chi connectivity index (χ2v) is 6.53. The van der Waals surface area contributed by atoms with Gasteiger partial charge in [-0.25, -0.2) is 0 Å². The molecule has 0 saturated heterocycles. The average Bonchev–Trinajstić information content (AvgIpc) is 2.28. The Morgan fingerprint density at radius 3 is 2.59 bits per heavy atom. The Morgan fingerprint density at radius 2 is 2.06 bits per heavy atom. The molecule has 0 aliphatic heterocycles. The topological polar surface area (TPSA) is 38.0 Å². The number of rotatable bonds is 6. The molecule has 17 heavy (non-hydrogen) atoms. The van der Waals surface area contributed by atoms with E-state index in [9.17, 15) is 0 Å². The van der Waals surface area contributed by atoms with Crippen LogP contribution in [0.3, 0.4) is 0 Å². The van der Waals surface area contributed by atoms with E-state index in [4.69, 9.17) is 5.73 Å². The van der Waals surface area contributed by atoms with Crippen LogP contribution in [-0.2, 0) is 0 Å². The first-order valence-electron chi connectivity index (χ1n) is 7.49. The third kappa shape index (κ3) is 4.59. The fraction of sp³-hybridized carbons (Fsp3) is 1.00. The van der Waals surface area contributed by atoms with Crippen molar-refractivity contribution in [2.45, 2.75) is 77.8 Å². The van der Waals surface area contributed by atoms with E-state index in [0.29, 0.717) is 6.04 Å². The van der Waals surface area contributed by atoms with Gasteiger partial charge in [0, 0.05) is 18.1 Å². The van der Waals surface area contributed by atoms with E-state index in [1.165, 1.54) is 38.5 Å². The highest BCUT2D eigenvalue weighted by Crippen LogP contribution is 2.35. The molecule has 2 nitrogen and oxygen atoms in total. The molecule has 102 valence electrons. The molecule has 2 heteroatoms. The SMILES string of the molecule is CCC(C)NC1(CN)CCCC(CC(C)C)C1. The van der Waals surface area contributed by atoms with Gasteiger partial charge >= 0.3 is 0 Å². The van der Waals surface area contributed by atoms with Gasteiger partial charge in [0.05, 0.1) is 0 Å². The van der Waals surface area contributed by atoms with Crippen molar-refractivity contribution in [3.63, 3.8) is 0 Å². The minimum absolute atomic E-state index is 0.229. The predicted molar refractivity (Wildman–Crippen MR) is 76.1 cm³/mol. The maximum atomic E-state index is 6.07. The summed E-state index contributed by atoms with van der Waals surface area (Å²) in [6, 6.07) is 0.594. The highest BCUT2D eigenvalue weighted by molar-refractivity contribution is 4.96. The van der Waals surface area contributed by atoms with Crippen LogP contribution in [-0.4, -0.2) is 18.1 Å². The Bertz CT molecular complexity index is 215. The Balaban J connectivity index is 2.58. The first-order chi connectivity index (χ1) is 8.01. The molecular formula is C15H32N2. The van der Waals surface area contributed by atoms with E-state index in [0.717, 1.165) is 18.4 Å². The van der Waals surface area contributed by atoms with Gasteiger partial charge in [0.15, 0.2) is 0 Å². The minimum Gasteiger partial charge on any atom is -0.329 e. The second-order valence-electron chi connectivity index (χ2n) is 6.53. The van der Waals surface area contributed by atoms with Crippen LogP contribution >= 0.6 is 0 Å². The Kier molecular flexibility index (Phi) is 5.94. The van der Waals surface area contributed by atoms with Gasteiger partial charge in [0.1, 0.15) is 0 Å². The molecule has 3 N–H and O–H groups in total. The van der Waals surface area contributed by atoms with Gasteiger partial charge in [-0.2, -0.15) is 0 Å². The van der Waals surface area contributed by atoms with Crippen LogP contribution in [0.1, 0.15) is 66.2 Å². The van der Waals surface area contributed by atoms with E-state index in [-0.39, 0.29) is 5.54 Å². The van der Waals surface area contributed by atoms with Crippen LogP contribution in [0.25, 0.3) is 0 Å². The summed E-state index contributed by atoms with van der Waals surface area (Å²) in [7, 11) is 0. The lowest BCUT2D eigenvalue weighted by atomic mass is 9.72. The molecule has 3 atom stereocenters. The highest BCUT2D eigenvalue weighted by atomic mass is 15.0. The standard InChI is InChI=1S/C15H32N2/c1-5-13(4)17-15(11-16)8-6-7-14(10-15)9-12(2)3/h12-14,17H,5-11,16H2,1-4H3. The quantitative estimate of drug-likeness (QED) is 0.747. The largest absolute Gasteiger partial charge is 0.329 e. The molecule has 0 spiro atoms. The van der Waals surface area contributed by atoms with Gasteiger partial charge < -0.3 is 11.1 Å². The van der Waals surface area contributed by atoms with E-state index in [1.807, 2.05) is 0 Å². The van der Waals surface area contributed by atoms with Crippen LogP contribution in [0.4, 0.5) is 0 Å². The molecule has 0 bridgehead atoms. The fourth-order valence-corrected chi connectivity index (χ4v) is 3.35. The van der Waals surface area contributed by atoms with Gasteiger partial charge in [-0.3, -0.25) is 0 Å². The minimum atomic E-state index is 0.229. The predicted octanol–water partition coefficient (Wildman–Crippen LogP) is 3.31. The maximum Gasteiger partial charge on any atom is 0.0308 e. The Morgan fingerprint density at radius 1 is 1.35 bits per heavy atom. The van der Waals surface area contributed by atoms with Crippen LogP contribution < -0.4 is 11.1 Å². The van der Waals surface area contributed by atoms with Gasteiger partial charge in [0.25, 0.3) is 0 Å². The number of hydrogen-bond donors (Lipinski definition) is 2. The molecule has 1 saturated carbocycles. The molecule has 1 aliphatic carbocycles. The summed E-state index contributed by atoms with van der Waals surface area (Å²) >= 11 is 0. The van der Waals surface area contributed by atoms with Crippen molar-refractivity contribution in [2.75, 3.05) is 6.54 Å². The summed E-state index contributed by atoms with van der Waals surface area (Å²) in [6.07, 6.45) is 7.86. The van der Waals surface area contributed by atoms with Crippen LogP contribution in [0, 0.1) is 11.8 Å². The molecule has 1 fully saturated rings. The Hall–Kier alpha value is -0.0800. The van der Waals surface area contributed by atoms with E-state index < -0.39 is 0 Å². The number of hydrogen-bond acceptors (Lipinski definition) is 2. The van der Waals surface area contributed by atoms with E-state index in [2.05, 4.69) is 33.0 Å². The molecule has 1 rings (SSSR count). The van der Waals surface area contributed by atoms with Crippen LogP contribution in [0.15, 0.2) is 0 Å². The molecule has 0 heterocycles. The van der Waals surface area contributed by atoms with Crippen molar-refractivity contribution in [1.82, 2.24) is 5.32 Å². The monoisotopic (exact) mass is 240 g/mol. The number of nitrogens with one attached hydrogen (secondary N) is 1. The summed E-state index contributed by atoms with van der Waals surface area (Å²) in [4.78, 5) is 0. The van der Waals surface area contributed by atoms with Crippen molar-refractivity contribution < 1.29 is 0 Å². The third-order valence-electron chi connectivity index (χ3n) is 4.31. The van der Waals surface area contributed by atoms with Crippen LogP contribution in [0.5, 0.6) is 0 Å². The van der Waals surface area contributed by atoms with Gasteiger partial charge in [-0.1, -0.05) is 33.6 Å². The summed E-state index contributed by atoms with van der Waals surface area (Å²) in [5, 5.41) is 3.81. The second kappa shape index (κ2) is 6.75. The van der Waals surface area contributed by atoms with Crippen molar-refractivity contribution in [2.24, 2.45) is 17.6 Å². The summed E-state index contributed by atoms with van der Waals surface area (Å²) in [5.74, 6) is 1.70. The highest BCUT2D eigenvalue weighted by Gasteiger charge is 2.35. The lowest BCUT2D eigenvalue weighted by Gasteiger charge is -2.43. The molecule has 1 aliphatic rings. The maximum absolute atomic E-state index is 6.07. The zero-order chi connectivity index (χ0) is 12.9. The normalized spacial score (nSPS) is 31.8. The van der Waals surface area contributed by atoms with Crippen molar-refractivity contribution >= 4 is 0 Å². The lowest BCUT2D eigenvalue weighted by Crippen LogP contribution is -2.56. The van der Waals surface area contributed by atoms with Crippen LogP contribution in [0.2, 0.25) is 0 Å². The van der Waals surface area contributed by atoms with E-state index in [1.54, 1.807) is 0 Å². The smallest absolute Gasteiger partial charge is 0.0308 e. The zero-order valence-electron chi connectivity index (χ0n) is 12.3. The van der Waals surface area contributed by atoms with Crippen molar-refractivity contribution in [1.29, 1.82) is 0 Å². The van der Waals surface area contributed by atoms with E-state index >= 15 is 0 Å². The van der Waals surface area contributed by atoms with Crippen molar-refractivity contribution in [3.8, 4) is 0 Å². The lowest BCUT2D eigenvalue weighted by molar-refractivity contribution is 0.155. The average molecular weight is 240 g/mol. The molecule has 0 aromatic rings.